The van der Waals surface area contributed by atoms with E-state index < -0.39 is 5.97 Å². The number of rotatable bonds is 4. The van der Waals surface area contributed by atoms with E-state index in [0.29, 0.717) is 10.8 Å². The molecular weight excluding hydrogens is 260 g/mol. The minimum absolute atomic E-state index is 0.377. The quantitative estimate of drug-likeness (QED) is 0.868. The number of carbonyl (C=O) groups excluding carboxylic acids is 1. The summed E-state index contributed by atoms with van der Waals surface area (Å²) in [6.45, 7) is 3.97. The van der Waals surface area contributed by atoms with Crippen LogP contribution in [-0.2, 0) is 11.2 Å². The van der Waals surface area contributed by atoms with E-state index >= 15 is 0 Å². The van der Waals surface area contributed by atoms with Gasteiger partial charge in [0.1, 0.15) is 0 Å². The molecule has 4 nitrogen and oxygen atoms in total. The zero-order chi connectivity index (χ0) is 13.8. The van der Waals surface area contributed by atoms with Crippen LogP contribution in [0.1, 0.15) is 27.9 Å². The van der Waals surface area contributed by atoms with E-state index in [1.54, 1.807) is 0 Å². The molecule has 0 atom stereocenters. The van der Waals surface area contributed by atoms with Crippen molar-refractivity contribution in [1.29, 1.82) is 0 Å². The number of carbonyl (C=O) groups is 1. The molecule has 1 heterocycles. The number of benzene rings is 1. The van der Waals surface area contributed by atoms with E-state index in [2.05, 4.69) is 29.4 Å². The Morgan fingerprint density at radius 2 is 2.26 bits per heavy atom. The van der Waals surface area contributed by atoms with Crippen molar-refractivity contribution >= 4 is 28.1 Å². The van der Waals surface area contributed by atoms with Gasteiger partial charge in [-0.1, -0.05) is 19.1 Å². The average Bonchev–Trinajstić information content (AvgIpc) is 2.79. The number of aryl methyl sites for hydroxylation is 2. The largest absolute Gasteiger partial charge is 0.464 e. The van der Waals surface area contributed by atoms with E-state index in [9.17, 15) is 4.79 Å². The number of aromatic nitrogens is 1. The standard InChI is InChI=1S/C14H16N2O2S/c1-4-10-6-5-7-11(8-10)15-14-16-12(9(2)19-14)13(17)18-3/h5-8H,4H2,1-3H3,(H,15,16). The molecule has 0 radical (unpaired) electrons. The smallest absolute Gasteiger partial charge is 0.357 e. The van der Waals surface area contributed by atoms with E-state index in [1.165, 1.54) is 24.0 Å². The van der Waals surface area contributed by atoms with Gasteiger partial charge in [-0.2, -0.15) is 0 Å². The van der Waals surface area contributed by atoms with Crippen LogP contribution in [0, 0.1) is 6.92 Å². The minimum Gasteiger partial charge on any atom is -0.464 e. The number of ether oxygens (including phenoxy) is 1. The molecule has 0 spiro atoms. The number of hydrogen-bond acceptors (Lipinski definition) is 5. The summed E-state index contributed by atoms with van der Waals surface area (Å²) in [7, 11) is 1.36. The molecule has 1 aromatic carbocycles. The lowest BCUT2D eigenvalue weighted by Crippen LogP contribution is -2.03. The van der Waals surface area contributed by atoms with Crippen molar-refractivity contribution in [3.8, 4) is 0 Å². The highest BCUT2D eigenvalue weighted by molar-refractivity contribution is 7.15. The summed E-state index contributed by atoms with van der Waals surface area (Å²) in [5.74, 6) is -0.399. The van der Waals surface area contributed by atoms with E-state index in [4.69, 9.17) is 4.74 Å². The summed E-state index contributed by atoms with van der Waals surface area (Å²) >= 11 is 1.44. The third-order valence-electron chi connectivity index (χ3n) is 2.76. The summed E-state index contributed by atoms with van der Waals surface area (Å²) in [5.41, 5.74) is 2.61. The molecule has 0 aliphatic rings. The molecular formula is C14H16N2O2S. The fraction of sp³-hybridized carbons (Fsp3) is 0.286. The molecule has 0 bridgehead atoms. The number of esters is 1. The number of hydrogen-bond donors (Lipinski definition) is 1. The van der Waals surface area contributed by atoms with Crippen LogP contribution in [0.2, 0.25) is 0 Å². The summed E-state index contributed by atoms with van der Waals surface area (Å²) in [6.07, 6.45) is 0.986. The molecule has 0 saturated heterocycles. The fourth-order valence-corrected chi connectivity index (χ4v) is 2.55. The van der Waals surface area contributed by atoms with Crippen LogP contribution in [-0.4, -0.2) is 18.1 Å². The van der Waals surface area contributed by atoms with Crippen molar-refractivity contribution in [2.45, 2.75) is 20.3 Å². The van der Waals surface area contributed by atoms with Crippen LogP contribution in [0.3, 0.4) is 0 Å². The Bertz CT molecular complexity index is 593. The first-order chi connectivity index (χ1) is 9.13. The lowest BCUT2D eigenvalue weighted by molar-refractivity contribution is 0.0594. The fourth-order valence-electron chi connectivity index (χ4n) is 1.73. The first-order valence-corrected chi connectivity index (χ1v) is 6.87. The molecule has 0 fully saturated rings. The molecule has 2 aromatic rings. The second kappa shape index (κ2) is 5.84. The van der Waals surface area contributed by atoms with E-state index in [1.807, 2.05) is 19.1 Å². The predicted molar refractivity (Wildman–Crippen MR) is 77.3 cm³/mol. The van der Waals surface area contributed by atoms with Crippen molar-refractivity contribution in [1.82, 2.24) is 4.98 Å². The topological polar surface area (TPSA) is 51.2 Å². The van der Waals surface area contributed by atoms with Crippen molar-refractivity contribution in [3.63, 3.8) is 0 Å². The molecule has 100 valence electrons. The Balaban J connectivity index is 2.21. The van der Waals surface area contributed by atoms with Crippen LogP contribution in [0.5, 0.6) is 0 Å². The van der Waals surface area contributed by atoms with Gasteiger partial charge in [-0.05, 0) is 31.0 Å². The molecule has 1 aromatic heterocycles. The molecule has 0 aliphatic carbocycles. The van der Waals surface area contributed by atoms with E-state index in [0.717, 1.165) is 17.0 Å². The number of thiazole rings is 1. The van der Waals surface area contributed by atoms with Crippen molar-refractivity contribution in [2.75, 3.05) is 12.4 Å². The second-order valence-electron chi connectivity index (χ2n) is 4.09. The van der Waals surface area contributed by atoms with Gasteiger partial charge in [0.2, 0.25) is 0 Å². The third-order valence-corrected chi connectivity index (χ3v) is 3.65. The van der Waals surface area contributed by atoms with Crippen LogP contribution >= 0.6 is 11.3 Å². The number of nitrogens with one attached hydrogen (secondary N) is 1. The number of nitrogens with zero attached hydrogens (tertiary/aromatic N) is 1. The Morgan fingerprint density at radius 1 is 1.47 bits per heavy atom. The Hall–Kier alpha value is -1.88. The third kappa shape index (κ3) is 3.12. The molecule has 1 N–H and O–H groups in total. The maximum absolute atomic E-state index is 11.5. The van der Waals surface area contributed by atoms with Gasteiger partial charge in [-0.25, -0.2) is 9.78 Å². The highest BCUT2D eigenvalue weighted by Gasteiger charge is 2.15. The molecule has 0 aliphatic heterocycles. The van der Waals surface area contributed by atoms with Gasteiger partial charge >= 0.3 is 5.97 Å². The number of anilines is 2. The van der Waals surface area contributed by atoms with Crippen LogP contribution < -0.4 is 5.32 Å². The maximum atomic E-state index is 11.5. The second-order valence-corrected chi connectivity index (χ2v) is 5.30. The highest BCUT2D eigenvalue weighted by Crippen LogP contribution is 2.26. The molecule has 0 amide bonds. The summed E-state index contributed by atoms with van der Waals surface area (Å²) in [5, 5.41) is 3.92. The average molecular weight is 276 g/mol. The Labute approximate surface area is 116 Å². The monoisotopic (exact) mass is 276 g/mol. The molecule has 0 unspecified atom stereocenters. The highest BCUT2D eigenvalue weighted by atomic mass is 32.1. The normalized spacial score (nSPS) is 10.3. The van der Waals surface area contributed by atoms with Gasteiger partial charge < -0.3 is 10.1 Å². The lowest BCUT2D eigenvalue weighted by atomic mass is 10.1. The zero-order valence-electron chi connectivity index (χ0n) is 11.2. The molecule has 0 saturated carbocycles. The van der Waals surface area contributed by atoms with Gasteiger partial charge in [0, 0.05) is 10.6 Å². The summed E-state index contributed by atoms with van der Waals surface area (Å²) < 4.78 is 4.69. The minimum atomic E-state index is -0.399. The van der Waals surface area contributed by atoms with Crippen LogP contribution in [0.25, 0.3) is 0 Å². The van der Waals surface area contributed by atoms with Gasteiger partial charge in [-0.15, -0.1) is 11.3 Å². The Kier molecular flexibility index (Phi) is 4.16. The molecule has 19 heavy (non-hydrogen) atoms. The van der Waals surface area contributed by atoms with Gasteiger partial charge in [-0.3, -0.25) is 0 Å². The van der Waals surface area contributed by atoms with Gasteiger partial charge in [0.15, 0.2) is 10.8 Å². The molecule has 2 rings (SSSR count). The molecule has 5 heteroatoms. The first-order valence-electron chi connectivity index (χ1n) is 6.05. The van der Waals surface area contributed by atoms with Crippen LogP contribution in [0.15, 0.2) is 24.3 Å². The maximum Gasteiger partial charge on any atom is 0.357 e. The lowest BCUT2D eigenvalue weighted by Gasteiger charge is -2.04. The Morgan fingerprint density at radius 3 is 2.95 bits per heavy atom. The summed E-state index contributed by atoms with van der Waals surface area (Å²) in [4.78, 5) is 16.6. The van der Waals surface area contributed by atoms with Crippen LogP contribution in [0.4, 0.5) is 10.8 Å². The van der Waals surface area contributed by atoms with E-state index in [-0.39, 0.29) is 0 Å². The predicted octanol–water partition coefficient (Wildman–Crippen LogP) is 3.54. The first kappa shape index (κ1) is 13.5. The summed E-state index contributed by atoms with van der Waals surface area (Å²) in [6, 6.07) is 8.14. The van der Waals surface area contributed by atoms with Crippen molar-refractivity contribution < 1.29 is 9.53 Å². The van der Waals surface area contributed by atoms with Gasteiger partial charge in [0.25, 0.3) is 0 Å². The zero-order valence-corrected chi connectivity index (χ0v) is 12.0. The SMILES string of the molecule is CCc1cccc(Nc2nc(C(=O)OC)c(C)s2)c1. The number of methoxy groups -OCH3 is 1. The van der Waals surface area contributed by atoms with Crippen molar-refractivity contribution in [2.24, 2.45) is 0 Å². The van der Waals surface area contributed by atoms with Gasteiger partial charge in [0.05, 0.1) is 7.11 Å². The van der Waals surface area contributed by atoms with Crippen molar-refractivity contribution in [3.05, 3.63) is 40.4 Å².